The number of carbonyl (C=O) groups is 4. The normalized spacial score (nSPS) is 20.4. The third-order valence-corrected chi connectivity index (χ3v) is 9.14. The third kappa shape index (κ3) is 3.98. The minimum absolute atomic E-state index is 0.230. The number of para-hydroxylation sites is 1. The first kappa shape index (κ1) is 28.3. The zero-order valence-electron chi connectivity index (χ0n) is 24.9. The van der Waals surface area contributed by atoms with Crippen LogP contribution in [0.2, 0.25) is 0 Å². The van der Waals surface area contributed by atoms with Crippen molar-refractivity contribution in [3.63, 3.8) is 0 Å². The van der Waals surface area contributed by atoms with Gasteiger partial charge in [-0.05, 0) is 12.1 Å². The van der Waals surface area contributed by atoms with Gasteiger partial charge in [-0.15, -0.1) is 0 Å². The van der Waals surface area contributed by atoms with Crippen LogP contribution in [0.3, 0.4) is 0 Å². The Morgan fingerprint density at radius 2 is 1.47 bits per heavy atom. The van der Waals surface area contributed by atoms with Gasteiger partial charge in [0, 0.05) is 46.7 Å². The Kier molecular flexibility index (Phi) is 6.66. The van der Waals surface area contributed by atoms with Crippen LogP contribution in [0, 0.1) is 5.41 Å². The summed E-state index contributed by atoms with van der Waals surface area (Å²) in [4.78, 5) is 58.9. The minimum Gasteiger partial charge on any atom is -0.497 e. The molecule has 8 nitrogen and oxygen atoms in total. The molecule has 45 heavy (non-hydrogen) atoms. The lowest BCUT2D eigenvalue weighted by Crippen LogP contribution is -2.48. The Hall–Kier alpha value is -5.50. The van der Waals surface area contributed by atoms with Crippen LogP contribution >= 0.6 is 0 Å². The van der Waals surface area contributed by atoms with Crippen LogP contribution in [0.4, 0.5) is 5.69 Å². The van der Waals surface area contributed by atoms with Crippen molar-refractivity contribution in [3.8, 4) is 17.2 Å². The highest BCUT2D eigenvalue weighted by Gasteiger charge is 2.72. The quantitative estimate of drug-likeness (QED) is 0.116. The molecule has 0 amide bonds. The molecule has 0 N–H and O–H groups in total. The molecule has 0 saturated carbocycles. The van der Waals surface area contributed by atoms with E-state index >= 15 is 0 Å². The van der Waals surface area contributed by atoms with Crippen LogP contribution in [0.15, 0.2) is 97.1 Å². The number of ketones is 3. The molecule has 3 aliphatic rings. The number of hydrogen-bond acceptors (Lipinski definition) is 8. The molecule has 1 saturated heterocycles. The van der Waals surface area contributed by atoms with Gasteiger partial charge in [-0.25, -0.2) is 0 Å². The van der Waals surface area contributed by atoms with E-state index in [0.717, 1.165) is 0 Å². The Morgan fingerprint density at radius 3 is 2.11 bits per heavy atom. The largest absolute Gasteiger partial charge is 0.497 e. The van der Waals surface area contributed by atoms with Crippen LogP contribution in [-0.2, 0) is 4.79 Å². The van der Waals surface area contributed by atoms with E-state index < -0.39 is 29.4 Å². The first-order valence-corrected chi connectivity index (χ1v) is 14.6. The number of hydrogen-bond donors (Lipinski definition) is 0. The molecular weight excluding hydrogens is 570 g/mol. The molecule has 2 heterocycles. The second-order valence-corrected chi connectivity index (χ2v) is 11.3. The SMILES string of the molecule is COc1ccc(C2C(C(=O)c3ccccc3)N3c4c(cccc4OC(C)=O)C=CC3C23C(=O)c2ccccc2C3=O)c(OC)c1. The Labute approximate surface area is 259 Å². The topological polar surface area (TPSA) is 99.2 Å². The number of anilines is 1. The van der Waals surface area contributed by atoms with Crippen LogP contribution in [0.5, 0.6) is 17.2 Å². The standard InChI is InChI=1S/C37H29NO7/c1-21(39)45-28-15-9-12-22-16-19-30-37(35(41)25-13-7-8-14-26(25)36(37)42)31(27-18-17-24(43-2)20-29(27)44-3)33(38(30)32(22)28)34(40)23-10-5-4-6-11-23/h4-20,30-31,33H,1-3H3. The van der Waals surface area contributed by atoms with Crippen molar-refractivity contribution >= 4 is 35.1 Å². The van der Waals surface area contributed by atoms with Gasteiger partial charge in [0.25, 0.3) is 0 Å². The third-order valence-electron chi connectivity index (χ3n) is 9.14. The number of carbonyl (C=O) groups excluding carboxylic acids is 4. The molecule has 8 heteroatoms. The zero-order valence-corrected chi connectivity index (χ0v) is 24.9. The van der Waals surface area contributed by atoms with Gasteiger partial charge in [-0.3, -0.25) is 19.2 Å². The first-order valence-electron chi connectivity index (χ1n) is 14.6. The molecule has 224 valence electrons. The Balaban J connectivity index is 1.59. The fourth-order valence-electron chi connectivity index (χ4n) is 7.41. The summed E-state index contributed by atoms with van der Waals surface area (Å²) in [6.45, 7) is 1.30. The number of methoxy groups -OCH3 is 2. The van der Waals surface area contributed by atoms with Gasteiger partial charge in [0.05, 0.1) is 25.9 Å². The van der Waals surface area contributed by atoms with Crippen molar-refractivity contribution in [2.45, 2.75) is 24.9 Å². The van der Waals surface area contributed by atoms with E-state index in [0.29, 0.717) is 45.0 Å². The van der Waals surface area contributed by atoms with Crippen molar-refractivity contribution in [1.82, 2.24) is 0 Å². The summed E-state index contributed by atoms with van der Waals surface area (Å²) in [5.74, 6) is -1.47. The maximum atomic E-state index is 14.9. The average molecular weight is 600 g/mol. The predicted octanol–water partition coefficient (Wildman–Crippen LogP) is 5.95. The van der Waals surface area contributed by atoms with Crippen LogP contribution in [-0.4, -0.2) is 49.6 Å². The molecule has 0 bridgehead atoms. The van der Waals surface area contributed by atoms with Gasteiger partial charge >= 0.3 is 5.97 Å². The van der Waals surface area contributed by atoms with Crippen molar-refractivity contribution in [1.29, 1.82) is 0 Å². The van der Waals surface area contributed by atoms with Gasteiger partial charge < -0.3 is 19.1 Å². The fourth-order valence-corrected chi connectivity index (χ4v) is 7.41. The molecule has 1 spiro atoms. The average Bonchev–Trinajstić information content (AvgIpc) is 3.49. The minimum atomic E-state index is -1.75. The molecule has 3 unspecified atom stereocenters. The van der Waals surface area contributed by atoms with Gasteiger partial charge in [-0.2, -0.15) is 0 Å². The van der Waals surface area contributed by atoms with E-state index in [1.165, 1.54) is 21.1 Å². The summed E-state index contributed by atoms with van der Waals surface area (Å²) in [7, 11) is 3.04. The maximum Gasteiger partial charge on any atom is 0.308 e. The first-order chi connectivity index (χ1) is 21.8. The monoisotopic (exact) mass is 599 g/mol. The molecule has 3 atom stereocenters. The number of esters is 1. The van der Waals surface area contributed by atoms with Crippen molar-refractivity contribution in [3.05, 3.63) is 125 Å². The number of ether oxygens (including phenoxy) is 3. The summed E-state index contributed by atoms with van der Waals surface area (Å²) >= 11 is 0. The molecular formula is C37H29NO7. The summed E-state index contributed by atoms with van der Waals surface area (Å²) < 4.78 is 17.0. The van der Waals surface area contributed by atoms with E-state index in [1.807, 2.05) is 29.2 Å². The van der Waals surface area contributed by atoms with E-state index in [1.54, 1.807) is 78.9 Å². The number of nitrogens with zero attached hydrogens (tertiary/aromatic N) is 1. The summed E-state index contributed by atoms with van der Waals surface area (Å²) in [5, 5.41) is 0. The summed E-state index contributed by atoms with van der Waals surface area (Å²) in [6, 6.07) is 24.1. The lowest BCUT2D eigenvalue weighted by atomic mass is 9.64. The van der Waals surface area contributed by atoms with Gasteiger partial charge in [0.15, 0.2) is 23.1 Å². The van der Waals surface area contributed by atoms with Crippen molar-refractivity contribution < 1.29 is 33.4 Å². The van der Waals surface area contributed by atoms with Gasteiger partial charge in [-0.1, -0.05) is 84.9 Å². The number of Topliss-reactive ketones (excluding diaryl/α,β-unsaturated/α-hetero) is 3. The van der Waals surface area contributed by atoms with E-state index in [2.05, 4.69) is 0 Å². The summed E-state index contributed by atoms with van der Waals surface area (Å²) in [5.41, 5.74) is 0.922. The van der Waals surface area contributed by atoms with Gasteiger partial charge in [0.1, 0.15) is 23.0 Å². The number of benzene rings is 4. The molecule has 4 aromatic rings. The summed E-state index contributed by atoms with van der Waals surface area (Å²) in [6.07, 6.45) is 3.65. The molecule has 0 radical (unpaired) electrons. The Morgan fingerprint density at radius 1 is 0.778 bits per heavy atom. The maximum absolute atomic E-state index is 14.9. The second kappa shape index (κ2) is 10.6. The van der Waals surface area contributed by atoms with Crippen molar-refractivity contribution in [2.75, 3.05) is 19.1 Å². The molecule has 1 aliphatic carbocycles. The molecule has 7 rings (SSSR count). The highest BCUT2D eigenvalue weighted by molar-refractivity contribution is 6.32. The number of fused-ring (bicyclic) bond motifs is 5. The highest BCUT2D eigenvalue weighted by Crippen LogP contribution is 2.63. The lowest BCUT2D eigenvalue weighted by molar-refractivity contribution is -0.131. The van der Waals surface area contributed by atoms with E-state index in [-0.39, 0.29) is 23.1 Å². The molecule has 1 fully saturated rings. The van der Waals surface area contributed by atoms with E-state index in [4.69, 9.17) is 14.2 Å². The Bertz CT molecular complexity index is 1890. The smallest absolute Gasteiger partial charge is 0.308 e. The molecule has 0 aromatic heterocycles. The highest BCUT2D eigenvalue weighted by atomic mass is 16.5. The van der Waals surface area contributed by atoms with Crippen molar-refractivity contribution in [2.24, 2.45) is 5.41 Å². The molecule has 2 aliphatic heterocycles. The zero-order chi connectivity index (χ0) is 31.5. The van der Waals surface area contributed by atoms with Gasteiger partial charge in [0.2, 0.25) is 0 Å². The predicted molar refractivity (Wildman–Crippen MR) is 167 cm³/mol. The fraction of sp³-hybridized carbons (Fsp3) is 0.189. The second-order valence-electron chi connectivity index (χ2n) is 11.3. The van der Waals surface area contributed by atoms with Crippen LogP contribution in [0.1, 0.15) is 55.0 Å². The number of rotatable bonds is 6. The van der Waals surface area contributed by atoms with Crippen LogP contribution < -0.4 is 19.1 Å². The van der Waals surface area contributed by atoms with Crippen LogP contribution in [0.25, 0.3) is 6.08 Å². The molecule has 4 aromatic carbocycles. The lowest BCUT2D eigenvalue weighted by Gasteiger charge is -2.37. The van der Waals surface area contributed by atoms with E-state index in [9.17, 15) is 19.2 Å².